The molecule has 0 fully saturated rings. The molecule has 0 aliphatic carbocycles. The number of benzene rings is 3. The zero-order valence-electron chi connectivity index (χ0n) is 17.4. The Morgan fingerprint density at radius 1 is 1.00 bits per heavy atom. The Hall–Kier alpha value is -3.76. The maximum atomic E-state index is 12.5. The van der Waals surface area contributed by atoms with Crippen molar-refractivity contribution in [2.24, 2.45) is 0 Å². The van der Waals surface area contributed by atoms with Crippen LogP contribution in [0.15, 0.2) is 77.7 Å². The first kappa shape index (κ1) is 22.4. The summed E-state index contributed by atoms with van der Waals surface area (Å²) in [5, 5.41) is 12.8. The summed E-state index contributed by atoms with van der Waals surface area (Å²) in [7, 11) is -3.77. The van der Waals surface area contributed by atoms with Gasteiger partial charge >= 0.3 is 0 Å². The highest BCUT2D eigenvalue weighted by molar-refractivity contribution is 7.92. The third-order valence-corrected chi connectivity index (χ3v) is 6.11. The molecular formula is C23H22N2O7S. The molecule has 4 rings (SSSR count). The lowest BCUT2D eigenvalue weighted by Gasteiger charge is -2.14. The number of hydrogen-bond acceptors (Lipinski definition) is 7. The van der Waals surface area contributed by atoms with Crippen LogP contribution in [0.1, 0.15) is 10.4 Å². The summed E-state index contributed by atoms with van der Waals surface area (Å²) < 4.78 is 43.4. The van der Waals surface area contributed by atoms with Crippen molar-refractivity contribution in [3.05, 3.63) is 78.4 Å². The Kier molecular flexibility index (Phi) is 6.66. The van der Waals surface area contributed by atoms with E-state index < -0.39 is 22.0 Å². The normalized spacial score (nSPS) is 13.2. The minimum absolute atomic E-state index is 0.0448. The molecule has 1 atom stereocenters. The maximum absolute atomic E-state index is 12.5. The van der Waals surface area contributed by atoms with Gasteiger partial charge in [-0.3, -0.25) is 9.52 Å². The van der Waals surface area contributed by atoms with Crippen LogP contribution in [0.25, 0.3) is 0 Å². The molecule has 9 nitrogen and oxygen atoms in total. The van der Waals surface area contributed by atoms with Crippen molar-refractivity contribution >= 4 is 21.6 Å². The van der Waals surface area contributed by atoms with E-state index in [2.05, 4.69) is 10.0 Å². The number of ether oxygens (including phenoxy) is 3. The molecule has 0 radical (unpaired) electrons. The zero-order chi connectivity index (χ0) is 23.3. The van der Waals surface area contributed by atoms with Crippen molar-refractivity contribution in [1.82, 2.24) is 5.32 Å². The summed E-state index contributed by atoms with van der Waals surface area (Å²) in [5.74, 6) is 1.24. The number of anilines is 1. The number of carbonyl (C=O) groups is 1. The molecule has 3 N–H and O–H groups in total. The third kappa shape index (κ3) is 5.73. The Morgan fingerprint density at radius 3 is 2.61 bits per heavy atom. The SMILES string of the molecule is O=C(NCC(O)COc1ccc2c(c1)OCO2)c1cccc(NS(=O)(=O)c2ccccc2)c1. The molecule has 1 aliphatic heterocycles. The minimum Gasteiger partial charge on any atom is -0.491 e. The number of carbonyl (C=O) groups excluding carboxylic acids is 1. The van der Waals surface area contributed by atoms with E-state index in [-0.39, 0.29) is 36.1 Å². The van der Waals surface area contributed by atoms with Gasteiger partial charge < -0.3 is 24.6 Å². The van der Waals surface area contributed by atoms with Crippen molar-refractivity contribution in [3.8, 4) is 17.2 Å². The molecule has 3 aromatic carbocycles. The van der Waals surface area contributed by atoms with Crippen LogP contribution in [-0.2, 0) is 10.0 Å². The predicted molar refractivity (Wildman–Crippen MR) is 120 cm³/mol. The number of sulfonamides is 1. The fourth-order valence-corrected chi connectivity index (χ4v) is 4.14. The summed E-state index contributed by atoms with van der Waals surface area (Å²) in [4.78, 5) is 12.6. The van der Waals surface area contributed by atoms with Crippen molar-refractivity contribution in [2.45, 2.75) is 11.0 Å². The van der Waals surface area contributed by atoms with Crippen LogP contribution < -0.4 is 24.2 Å². The summed E-state index contributed by atoms with van der Waals surface area (Å²) in [6.07, 6.45) is -0.959. The smallest absolute Gasteiger partial charge is 0.261 e. The molecule has 33 heavy (non-hydrogen) atoms. The molecule has 1 unspecified atom stereocenters. The van der Waals surface area contributed by atoms with E-state index in [1.54, 1.807) is 54.6 Å². The van der Waals surface area contributed by atoms with Crippen LogP contribution in [-0.4, -0.2) is 45.5 Å². The molecule has 172 valence electrons. The summed E-state index contributed by atoms with van der Waals surface area (Å²) in [6.45, 7) is 0.0581. The predicted octanol–water partition coefficient (Wildman–Crippen LogP) is 2.39. The van der Waals surface area contributed by atoms with Crippen molar-refractivity contribution in [2.75, 3.05) is 24.7 Å². The van der Waals surface area contributed by atoms with Crippen LogP contribution in [0.2, 0.25) is 0 Å². The first-order valence-electron chi connectivity index (χ1n) is 10.1. The molecule has 3 aromatic rings. The van der Waals surface area contributed by atoms with Crippen molar-refractivity contribution < 1.29 is 32.5 Å². The first-order valence-corrected chi connectivity index (χ1v) is 11.6. The minimum atomic E-state index is -3.77. The molecule has 0 spiro atoms. The number of fused-ring (bicyclic) bond motifs is 1. The van der Waals surface area contributed by atoms with Crippen LogP contribution in [0.4, 0.5) is 5.69 Å². The first-order chi connectivity index (χ1) is 15.9. The van der Waals surface area contributed by atoms with Gasteiger partial charge in [-0.2, -0.15) is 0 Å². The highest BCUT2D eigenvalue weighted by Gasteiger charge is 2.16. The van der Waals surface area contributed by atoms with Gasteiger partial charge in [-0.15, -0.1) is 0 Å². The van der Waals surface area contributed by atoms with E-state index in [0.29, 0.717) is 17.2 Å². The van der Waals surface area contributed by atoms with E-state index in [1.807, 2.05) is 0 Å². The van der Waals surface area contributed by atoms with E-state index in [4.69, 9.17) is 14.2 Å². The monoisotopic (exact) mass is 470 g/mol. The molecule has 1 heterocycles. The summed E-state index contributed by atoms with van der Waals surface area (Å²) in [6, 6.07) is 19.1. The molecule has 10 heteroatoms. The van der Waals surface area contributed by atoms with Crippen LogP contribution in [0, 0.1) is 0 Å². The van der Waals surface area contributed by atoms with E-state index in [1.165, 1.54) is 18.2 Å². The topological polar surface area (TPSA) is 123 Å². The number of aliphatic hydroxyl groups excluding tert-OH is 1. The number of amides is 1. The molecular weight excluding hydrogens is 448 g/mol. The third-order valence-electron chi connectivity index (χ3n) is 4.72. The van der Waals surface area contributed by atoms with Gasteiger partial charge in [-0.1, -0.05) is 24.3 Å². The van der Waals surface area contributed by atoms with Gasteiger partial charge in [0, 0.05) is 23.9 Å². The van der Waals surface area contributed by atoms with Crippen LogP contribution >= 0.6 is 0 Å². The molecule has 0 aromatic heterocycles. The lowest BCUT2D eigenvalue weighted by Crippen LogP contribution is -2.35. The number of rotatable bonds is 9. The largest absolute Gasteiger partial charge is 0.491 e. The molecule has 1 amide bonds. The fraction of sp³-hybridized carbons (Fsp3) is 0.174. The second kappa shape index (κ2) is 9.80. The van der Waals surface area contributed by atoms with Gasteiger partial charge in [-0.05, 0) is 42.5 Å². The molecule has 0 saturated heterocycles. The number of hydrogen-bond donors (Lipinski definition) is 3. The Bertz CT molecular complexity index is 1230. The van der Waals surface area contributed by atoms with Gasteiger partial charge in [0.25, 0.3) is 15.9 Å². The fourth-order valence-electron chi connectivity index (χ4n) is 3.07. The lowest BCUT2D eigenvalue weighted by atomic mass is 10.2. The highest BCUT2D eigenvalue weighted by Crippen LogP contribution is 2.35. The summed E-state index contributed by atoms with van der Waals surface area (Å²) in [5.41, 5.74) is 0.491. The molecule has 0 saturated carbocycles. The van der Waals surface area contributed by atoms with Gasteiger partial charge in [0.2, 0.25) is 6.79 Å². The molecule has 1 aliphatic rings. The van der Waals surface area contributed by atoms with Crippen LogP contribution in [0.3, 0.4) is 0 Å². The molecule has 0 bridgehead atoms. The Balaban J connectivity index is 1.29. The average Bonchev–Trinajstić information content (AvgIpc) is 3.29. The quantitative estimate of drug-likeness (QED) is 0.439. The van der Waals surface area contributed by atoms with Gasteiger partial charge in [0.15, 0.2) is 11.5 Å². The zero-order valence-corrected chi connectivity index (χ0v) is 18.2. The second-order valence-corrected chi connectivity index (χ2v) is 8.87. The maximum Gasteiger partial charge on any atom is 0.261 e. The van der Waals surface area contributed by atoms with E-state index in [0.717, 1.165) is 0 Å². The van der Waals surface area contributed by atoms with E-state index in [9.17, 15) is 18.3 Å². The lowest BCUT2D eigenvalue weighted by molar-refractivity contribution is 0.0843. The van der Waals surface area contributed by atoms with Gasteiger partial charge in [0.05, 0.1) is 4.90 Å². The van der Waals surface area contributed by atoms with Crippen molar-refractivity contribution in [3.63, 3.8) is 0 Å². The standard InChI is InChI=1S/C23H22N2O7S/c26-18(14-30-19-9-10-21-22(12-19)32-15-31-21)13-24-23(27)16-5-4-6-17(11-16)25-33(28,29)20-7-2-1-3-8-20/h1-12,18,25-26H,13-15H2,(H,24,27). The number of aliphatic hydroxyl groups is 1. The highest BCUT2D eigenvalue weighted by atomic mass is 32.2. The number of nitrogens with one attached hydrogen (secondary N) is 2. The van der Waals surface area contributed by atoms with Crippen molar-refractivity contribution in [1.29, 1.82) is 0 Å². The Labute approximate surface area is 191 Å². The summed E-state index contributed by atoms with van der Waals surface area (Å²) >= 11 is 0. The van der Waals surface area contributed by atoms with E-state index >= 15 is 0 Å². The van der Waals surface area contributed by atoms with Gasteiger partial charge in [-0.25, -0.2) is 8.42 Å². The average molecular weight is 471 g/mol. The Morgan fingerprint density at radius 2 is 1.79 bits per heavy atom. The van der Waals surface area contributed by atoms with Gasteiger partial charge in [0.1, 0.15) is 18.5 Å². The second-order valence-electron chi connectivity index (χ2n) is 7.19. The van der Waals surface area contributed by atoms with Crippen LogP contribution in [0.5, 0.6) is 17.2 Å².